The molecule has 0 radical (unpaired) electrons. The molecule has 6 nitrogen and oxygen atoms in total. The van der Waals surface area contributed by atoms with Gasteiger partial charge in [-0.15, -0.1) is 0 Å². The zero-order chi connectivity index (χ0) is 23.7. The molecular formula is C24H17ClF2N4O2. The molecule has 1 spiro atoms. The highest BCUT2D eigenvalue weighted by Crippen LogP contribution is 2.56. The Kier molecular flexibility index (Phi) is 4.59. The quantitative estimate of drug-likeness (QED) is 0.651. The first kappa shape index (κ1) is 21.2. The van der Waals surface area contributed by atoms with Crippen molar-refractivity contribution in [3.63, 3.8) is 0 Å². The highest BCUT2D eigenvalue weighted by molar-refractivity contribution is 6.32. The lowest BCUT2D eigenvalue weighted by atomic mass is 9.63. The number of ketones is 1. The number of benzene rings is 2. The van der Waals surface area contributed by atoms with Crippen LogP contribution < -0.4 is 16.0 Å². The lowest BCUT2D eigenvalue weighted by Crippen LogP contribution is -2.50. The van der Waals surface area contributed by atoms with Gasteiger partial charge >= 0.3 is 0 Å². The van der Waals surface area contributed by atoms with Gasteiger partial charge in [-0.1, -0.05) is 17.7 Å². The number of hydrogen-bond acceptors (Lipinski definition) is 5. The van der Waals surface area contributed by atoms with Crippen molar-refractivity contribution in [3.8, 4) is 6.07 Å². The fourth-order valence-corrected chi connectivity index (χ4v) is 5.27. The van der Waals surface area contributed by atoms with Crippen molar-refractivity contribution in [2.45, 2.75) is 31.6 Å². The Bertz CT molecular complexity index is 1390. The second-order valence-electron chi connectivity index (χ2n) is 8.20. The fraction of sp³-hybridized carbons (Fsp3) is 0.208. The summed E-state index contributed by atoms with van der Waals surface area (Å²) in [5, 5.41) is 13.4. The zero-order valence-corrected chi connectivity index (χ0v) is 18.2. The molecule has 0 saturated heterocycles. The summed E-state index contributed by atoms with van der Waals surface area (Å²) in [6.07, 6.45) is 0.929. The summed E-state index contributed by atoms with van der Waals surface area (Å²) in [4.78, 5) is 28.2. The van der Waals surface area contributed by atoms with E-state index in [4.69, 9.17) is 17.3 Å². The second kappa shape index (κ2) is 7.15. The molecule has 3 aliphatic rings. The van der Waals surface area contributed by atoms with Crippen molar-refractivity contribution in [3.05, 3.63) is 80.8 Å². The standard InChI is InChI=1S/C24H17ClF2N4O2/c1-11-15(25)7-6-13-21(11)30-23(33)24(13)14(10-28)22(29)31(17-8-5-12(26)9-16(17)27)18-3-2-4-19(32)20(18)24/h5-9H,2-4,29H2,1H3,(H,30,33)/t24-/m1/s1. The average molecular weight is 467 g/mol. The third-order valence-electron chi connectivity index (χ3n) is 6.55. The zero-order valence-electron chi connectivity index (χ0n) is 17.4. The molecule has 5 rings (SSSR count). The van der Waals surface area contributed by atoms with Gasteiger partial charge in [0.25, 0.3) is 0 Å². The molecule has 2 aromatic carbocycles. The number of nitrogens with zero attached hydrogens (tertiary/aromatic N) is 2. The minimum Gasteiger partial charge on any atom is -0.384 e. The molecule has 1 aliphatic carbocycles. The van der Waals surface area contributed by atoms with Gasteiger partial charge in [-0.05, 0) is 43.5 Å². The number of nitriles is 1. The Hall–Kier alpha value is -3.70. The summed E-state index contributed by atoms with van der Waals surface area (Å²) in [6.45, 7) is 1.72. The Morgan fingerprint density at radius 2 is 1.97 bits per heavy atom. The van der Waals surface area contributed by atoms with Gasteiger partial charge in [0, 0.05) is 34.3 Å². The maximum absolute atomic E-state index is 14.8. The molecule has 2 aliphatic heterocycles. The molecule has 0 aromatic heterocycles. The first-order valence-electron chi connectivity index (χ1n) is 10.3. The topological polar surface area (TPSA) is 99.2 Å². The summed E-state index contributed by atoms with van der Waals surface area (Å²) in [6, 6.07) is 8.18. The number of carbonyl (C=O) groups is 2. The predicted octanol–water partition coefficient (Wildman–Crippen LogP) is 4.34. The van der Waals surface area contributed by atoms with Gasteiger partial charge in [0.1, 0.15) is 28.9 Å². The van der Waals surface area contributed by atoms with Gasteiger partial charge in [0.05, 0.1) is 16.9 Å². The third kappa shape index (κ3) is 2.63. The van der Waals surface area contributed by atoms with E-state index in [0.717, 1.165) is 6.07 Å². The molecule has 3 N–H and O–H groups in total. The van der Waals surface area contributed by atoms with Crippen molar-refractivity contribution in [1.29, 1.82) is 5.26 Å². The van der Waals surface area contributed by atoms with Crippen LogP contribution in [-0.4, -0.2) is 11.7 Å². The Morgan fingerprint density at radius 1 is 1.21 bits per heavy atom. The van der Waals surface area contributed by atoms with Gasteiger partial charge in [-0.3, -0.25) is 14.5 Å². The molecule has 9 heteroatoms. The first-order chi connectivity index (χ1) is 15.7. The third-order valence-corrected chi connectivity index (χ3v) is 6.96. The van der Waals surface area contributed by atoms with Gasteiger partial charge in [-0.25, -0.2) is 8.78 Å². The summed E-state index contributed by atoms with van der Waals surface area (Å²) in [5.41, 5.74) is 6.17. The number of halogens is 3. The van der Waals surface area contributed by atoms with E-state index in [-0.39, 0.29) is 34.9 Å². The van der Waals surface area contributed by atoms with Crippen molar-refractivity contribution in [1.82, 2.24) is 0 Å². The highest BCUT2D eigenvalue weighted by atomic mass is 35.5. The lowest BCUT2D eigenvalue weighted by Gasteiger charge is -2.43. The van der Waals surface area contributed by atoms with Crippen molar-refractivity contribution >= 4 is 34.7 Å². The van der Waals surface area contributed by atoms with Crippen LogP contribution in [0.1, 0.15) is 30.4 Å². The fourth-order valence-electron chi connectivity index (χ4n) is 5.12. The molecule has 166 valence electrons. The first-order valence-corrected chi connectivity index (χ1v) is 10.6. The number of allylic oxidation sites excluding steroid dienone is 1. The smallest absolute Gasteiger partial charge is 0.245 e. The van der Waals surface area contributed by atoms with E-state index in [0.29, 0.717) is 46.4 Å². The largest absolute Gasteiger partial charge is 0.384 e. The van der Waals surface area contributed by atoms with Crippen LogP contribution >= 0.6 is 11.6 Å². The number of nitrogens with one attached hydrogen (secondary N) is 1. The van der Waals surface area contributed by atoms with E-state index in [1.54, 1.807) is 19.1 Å². The van der Waals surface area contributed by atoms with Gasteiger partial charge in [0.2, 0.25) is 5.91 Å². The number of amides is 1. The predicted molar refractivity (Wildman–Crippen MR) is 118 cm³/mol. The van der Waals surface area contributed by atoms with E-state index in [1.165, 1.54) is 11.0 Å². The minimum atomic E-state index is -1.77. The SMILES string of the molecule is Cc1c(Cl)ccc2c1NC(=O)[C@@]21C(C#N)=C(N)N(c2ccc(F)cc2F)C2=C1C(=O)CCC2. The van der Waals surface area contributed by atoms with Crippen LogP contribution in [0.4, 0.5) is 20.2 Å². The van der Waals surface area contributed by atoms with Gasteiger partial charge in [-0.2, -0.15) is 5.26 Å². The molecule has 0 fully saturated rings. The summed E-state index contributed by atoms with van der Waals surface area (Å²) in [7, 11) is 0. The summed E-state index contributed by atoms with van der Waals surface area (Å²) in [5.74, 6) is -2.80. The van der Waals surface area contributed by atoms with Crippen LogP contribution in [-0.2, 0) is 15.0 Å². The van der Waals surface area contributed by atoms with E-state index in [2.05, 4.69) is 5.32 Å². The van der Waals surface area contributed by atoms with Gasteiger partial charge in [0.15, 0.2) is 5.78 Å². The van der Waals surface area contributed by atoms with Crippen LogP contribution in [0, 0.1) is 29.9 Å². The molecule has 0 unspecified atom stereocenters. The Balaban J connectivity index is 1.90. The van der Waals surface area contributed by atoms with Crippen LogP contribution in [0.3, 0.4) is 0 Å². The Morgan fingerprint density at radius 3 is 2.67 bits per heavy atom. The normalized spacial score (nSPS) is 21.8. The van der Waals surface area contributed by atoms with E-state index in [9.17, 15) is 23.6 Å². The number of Topliss-reactive ketones (excluding diaryl/α,β-unsaturated/α-hetero) is 1. The molecule has 2 aromatic rings. The summed E-state index contributed by atoms with van der Waals surface area (Å²) < 4.78 is 28.4. The molecular weight excluding hydrogens is 450 g/mol. The number of fused-ring (bicyclic) bond motifs is 3. The number of hydrogen-bond donors (Lipinski definition) is 2. The maximum Gasteiger partial charge on any atom is 0.245 e. The molecule has 1 amide bonds. The summed E-state index contributed by atoms with van der Waals surface area (Å²) >= 11 is 6.25. The highest BCUT2D eigenvalue weighted by Gasteiger charge is 2.60. The maximum atomic E-state index is 14.8. The molecule has 0 saturated carbocycles. The number of carbonyl (C=O) groups excluding carboxylic acids is 2. The number of nitrogens with two attached hydrogens (primary N) is 1. The lowest BCUT2D eigenvalue weighted by molar-refractivity contribution is -0.122. The van der Waals surface area contributed by atoms with Crippen molar-refractivity contribution in [2.75, 3.05) is 10.2 Å². The van der Waals surface area contributed by atoms with Crippen LogP contribution in [0.2, 0.25) is 5.02 Å². The number of anilines is 2. The average Bonchev–Trinajstić information content (AvgIpc) is 3.05. The van der Waals surface area contributed by atoms with Crippen LogP contribution in [0.5, 0.6) is 0 Å². The van der Waals surface area contributed by atoms with E-state index < -0.39 is 23.0 Å². The second-order valence-corrected chi connectivity index (χ2v) is 8.61. The Labute approximate surface area is 192 Å². The number of rotatable bonds is 1. The van der Waals surface area contributed by atoms with Crippen LogP contribution in [0.15, 0.2) is 53.0 Å². The van der Waals surface area contributed by atoms with Crippen LogP contribution in [0.25, 0.3) is 0 Å². The van der Waals surface area contributed by atoms with E-state index >= 15 is 0 Å². The van der Waals surface area contributed by atoms with Gasteiger partial charge < -0.3 is 11.1 Å². The molecule has 33 heavy (non-hydrogen) atoms. The minimum absolute atomic E-state index is 0.0844. The monoisotopic (exact) mass is 466 g/mol. The molecule has 2 heterocycles. The molecule has 0 bridgehead atoms. The molecule has 1 atom stereocenters. The van der Waals surface area contributed by atoms with Crippen molar-refractivity contribution in [2.24, 2.45) is 5.73 Å². The van der Waals surface area contributed by atoms with E-state index in [1.807, 2.05) is 6.07 Å². The van der Waals surface area contributed by atoms with Crippen molar-refractivity contribution < 1.29 is 18.4 Å².